The molecule has 0 amide bonds. The van der Waals surface area contributed by atoms with E-state index in [0.29, 0.717) is 5.52 Å². The topological polar surface area (TPSA) is 87.7 Å². The average Bonchev–Trinajstić information content (AvgIpc) is 2.87. The van der Waals surface area contributed by atoms with Gasteiger partial charge in [0.1, 0.15) is 0 Å². The second-order valence-corrected chi connectivity index (χ2v) is 7.33. The zero-order chi connectivity index (χ0) is 23.9. The molecule has 0 saturated heterocycles. The summed E-state index contributed by atoms with van der Waals surface area (Å²) in [4.78, 5) is 38.1. The number of nitrogens with zero attached hydrogens (tertiary/aromatic N) is 1. The first-order chi connectivity index (χ1) is 16.5. The van der Waals surface area contributed by atoms with Gasteiger partial charge in [-0.1, -0.05) is 59.1 Å². The molecular weight excluding hydrogens is 433 g/mol. The highest BCUT2D eigenvalue weighted by Gasteiger charge is 1.99. The number of halogens is 1. The van der Waals surface area contributed by atoms with Crippen LogP contribution in [0.5, 0.6) is 0 Å². The zero-order valence-corrected chi connectivity index (χ0v) is 17.9. The molecule has 0 aliphatic carbocycles. The lowest BCUT2D eigenvalue weighted by atomic mass is 10.2. The van der Waals surface area contributed by atoms with Crippen LogP contribution in [-0.2, 0) is 0 Å². The smallest absolute Gasteiger partial charge is 0.279 e. The van der Waals surface area contributed by atoms with E-state index >= 15 is 0 Å². The van der Waals surface area contributed by atoms with Crippen LogP contribution in [0.15, 0.2) is 124 Å². The number of aromatic nitrogens is 3. The van der Waals surface area contributed by atoms with Crippen molar-refractivity contribution in [2.45, 2.75) is 0 Å². The predicted octanol–water partition coefficient (Wildman–Crippen LogP) is 4.79. The molecule has 0 fully saturated rings. The molecule has 168 valence electrons. The molecule has 6 aromatic rings. The number of benzene rings is 3. The third kappa shape index (κ3) is 5.34. The highest BCUT2D eigenvalue weighted by Crippen LogP contribution is 2.10. The van der Waals surface area contributed by atoms with Gasteiger partial charge < -0.3 is 9.97 Å². The predicted molar refractivity (Wildman–Crippen MR) is 134 cm³/mol. The second-order valence-electron chi connectivity index (χ2n) is 7.33. The Balaban J connectivity index is 0.000000121. The largest absolute Gasteiger partial charge is 0.322 e. The van der Waals surface area contributed by atoms with E-state index in [1.165, 1.54) is 18.2 Å². The average molecular weight is 453 g/mol. The number of hydrogen-bond donors (Lipinski definition) is 2. The summed E-state index contributed by atoms with van der Waals surface area (Å²) < 4.78 is 13.0. The maximum absolute atomic E-state index is 13.0. The third-order valence-electron chi connectivity index (χ3n) is 5.01. The summed E-state index contributed by atoms with van der Waals surface area (Å²) >= 11 is 0. The van der Waals surface area contributed by atoms with Crippen molar-refractivity contribution in [3.05, 3.63) is 140 Å². The first-order valence-electron chi connectivity index (χ1n) is 10.4. The number of H-pyrrole nitrogens is 2. The van der Waals surface area contributed by atoms with Gasteiger partial charge >= 0.3 is 0 Å². The summed E-state index contributed by atoms with van der Waals surface area (Å²) in [5.74, 6) is 0. The van der Waals surface area contributed by atoms with Crippen LogP contribution in [0.25, 0.3) is 32.7 Å². The molecule has 0 saturated carbocycles. The molecule has 0 atom stereocenters. The summed E-state index contributed by atoms with van der Waals surface area (Å²) in [6.07, 6.45) is 0. The van der Waals surface area contributed by atoms with Gasteiger partial charge in [-0.3, -0.25) is 14.4 Å². The van der Waals surface area contributed by atoms with Gasteiger partial charge in [-0.15, -0.1) is 4.79 Å². The molecule has 0 aliphatic heterocycles. The van der Waals surface area contributed by atoms with Crippen LogP contribution in [0.3, 0.4) is 0 Å². The van der Waals surface area contributed by atoms with Crippen LogP contribution in [0, 0.1) is 0 Å². The van der Waals surface area contributed by atoms with Crippen molar-refractivity contribution in [3.63, 3.8) is 0 Å². The van der Waals surface area contributed by atoms with Gasteiger partial charge in [-0.25, -0.2) is 0 Å². The van der Waals surface area contributed by atoms with Crippen LogP contribution >= 0.6 is 0 Å². The highest BCUT2D eigenvalue weighted by atomic mass is 19.2. The number of fused-ring (bicyclic) bond motifs is 3. The molecule has 7 heteroatoms. The van der Waals surface area contributed by atoms with Gasteiger partial charge in [-0.05, 0) is 47.2 Å². The number of hydrogen-bond acceptors (Lipinski definition) is 3. The molecular formula is C27H20FN3O3. The van der Waals surface area contributed by atoms with Crippen LogP contribution in [0.2, 0.25) is 0 Å². The zero-order valence-electron chi connectivity index (χ0n) is 17.9. The van der Waals surface area contributed by atoms with Gasteiger partial charge in [0.2, 0.25) is 11.1 Å². The van der Waals surface area contributed by atoms with E-state index in [-0.39, 0.29) is 15.9 Å². The van der Waals surface area contributed by atoms with Crippen molar-refractivity contribution in [1.82, 2.24) is 14.8 Å². The Labute approximate surface area is 192 Å². The molecule has 34 heavy (non-hydrogen) atoms. The van der Waals surface area contributed by atoms with Crippen LogP contribution in [-0.4, -0.2) is 14.8 Å². The van der Waals surface area contributed by atoms with Gasteiger partial charge in [0, 0.05) is 34.6 Å². The van der Waals surface area contributed by atoms with Crippen molar-refractivity contribution >= 4 is 32.7 Å². The molecule has 3 heterocycles. The maximum atomic E-state index is 13.0. The monoisotopic (exact) mass is 453 g/mol. The fourth-order valence-electron chi connectivity index (χ4n) is 3.34. The lowest BCUT2D eigenvalue weighted by Crippen LogP contribution is -2.11. The van der Waals surface area contributed by atoms with Crippen molar-refractivity contribution in [2.75, 3.05) is 0 Å². The normalized spacial score (nSPS) is 10.3. The van der Waals surface area contributed by atoms with Crippen molar-refractivity contribution in [3.8, 4) is 0 Å². The molecule has 3 aromatic carbocycles. The van der Waals surface area contributed by atoms with Gasteiger partial charge in [0.05, 0.1) is 5.52 Å². The first-order valence-corrected chi connectivity index (χ1v) is 10.4. The van der Waals surface area contributed by atoms with Gasteiger partial charge in [-0.2, -0.15) is 0 Å². The highest BCUT2D eigenvalue weighted by molar-refractivity contribution is 5.79. The van der Waals surface area contributed by atoms with E-state index in [1.807, 2.05) is 60.7 Å². The molecule has 0 aliphatic rings. The van der Waals surface area contributed by atoms with Crippen molar-refractivity contribution in [2.24, 2.45) is 0 Å². The molecule has 0 unspecified atom stereocenters. The molecule has 0 radical (unpaired) electrons. The number of pyridine rings is 3. The number of rotatable bonds is 0. The summed E-state index contributed by atoms with van der Waals surface area (Å²) in [6, 6.07) is 31.7. The molecule has 6 rings (SSSR count). The first kappa shape index (κ1) is 22.4. The minimum atomic E-state index is -0.631. The standard InChI is InChI=1S/C9H6FNO.2C9H7NO/c10-11-8-4-2-1-3-7(8)5-6-9(11)12;2*11-9-6-5-7-3-1-2-4-8(7)10-9/h1-6H;2*1-6H,(H,10,11). The van der Waals surface area contributed by atoms with Crippen LogP contribution in [0.1, 0.15) is 0 Å². The van der Waals surface area contributed by atoms with E-state index in [9.17, 15) is 18.9 Å². The molecule has 3 aromatic heterocycles. The maximum Gasteiger partial charge on any atom is 0.279 e. The van der Waals surface area contributed by atoms with Crippen molar-refractivity contribution in [1.29, 1.82) is 0 Å². The van der Waals surface area contributed by atoms with Gasteiger partial charge in [0.25, 0.3) is 5.56 Å². The SMILES string of the molecule is O=c1ccc2ccccc2[nH]1.O=c1ccc2ccccc2[nH]1.O=c1ccc2ccccc2n1F. The number of nitrogens with one attached hydrogen (secondary N) is 2. The minimum absolute atomic E-state index is 0.0521. The molecule has 2 N–H and O–H groups in total. The van der Waals surface area contributed by atoms with E-state index < -0.39 is 5.56 Å². The van der Waals surface area contributed by atoms with E-state index in [1.54, 1.807) is 30.3 Å². The summed E-state index contributed by atoms with van der Waals surface area (Å²) in [5.41, 5.74) is 1.35. The second kappa shape index (κ2) is 10.2. The van der Waals surface area contributed by atoms with E-state index in [4.69, 9.17) is 0 Å². The fraction of sp³-hybridized carbons (Fsp3) is 0. The Kier molecular flexibility index (Phi) is 6.74. The van der Waals surface area contributed by atoms with Crippen molar-refractivity contribution < 1.29 is 4.48 Å². The lowest BCUT2D eigenvalue weighted by Gasteiger charge is -1.97. The van der Waals surface area contributed by atoms with Gasteiger partial charge in [0.15, 0.2) is 0 Å². The molecule has 0 spiro atoms. The summed E-state index contributed by atoms with van der Waals surface area (Å²) in [6.45, 7) is 0. The summed E-state index contributed by atoms with van der Waals surface area (Å²) in [7, 11) is 0. The lowest BCUT2D eigenvalue weighted by molar-refractivity contribution is 0.371. The Morgan fingerprint density at radius 2 is 0.941 bits per heavy atom. The van der Waals surface area contributed by atoms with E-state index in [2.05, 4.69) is 9.97 Å². The third-order valence-corrected chi connectivity index (χ3v) is 5.01. The number of aromatic amines is 2. The number of para-hydroxylation sites is 3. The fourth-order valence-corrected chi connectivity index (χ4v) is 3.34. The Morgan fingerprint density at radius 1 is 0.500 bits per heavy atom. The quantitative estimate of drug-likeness (QED) is 0.347. The Morgan fingerprint density at radius 3 is 1.50 bits per heavy atom. The Bertz CT molecular complexity index is 1670. The van der Waals surface area contributed by atoms with Crippen LogP contribution in [0.4, 0.5) is 4.48 Å². The van der Waals surface area contributed by atoms with E-state index in [0.717, 1.165) is 27.2 Å². The van der Waals surface area contributed by atoms with Crippen LogP contribution < -0.4 is 16.7 Å². The molecule has 0 bridgehead atoms. The Hall–Kier alpha value is -4.78. The summed E-state index contributed by atoms with van der Waals surface area (Å²) in [5, 5.41) is 2.85. The minimum Gasteiger partial charge on any atom is -0.322 e. The molecule has 6 nitrogen and oxygen atoms in total.